The number of likely N-dealkylation sites (tertiary alicyclic amines) is 1. The van der Waals surface area contributed by atoms with Gasteiger partial charge in [-0.1, -0.05) is 25.3 Å². The molecule has 2 unspecified atom stereocenters. The molecule has 1 saturated carbocycles. The lowest BCUT2D eigenvalue weighted by Gasteiger charge is -2.43. The summed E-state index contributed by atoms with van der Waals surface area (Å²) < 4.78 is 17.0. The van der Waals surface area contributed by atoms with E-state index in [1.54, 1.807) is 0 Å². The van der Waals surface area contributed by atoms with Crippen LogP contribution in [0.25, 0.3) is 0 Å². The fraction of sp³-hybridized carbons (Fsp3) is 0.731. The van der Waals surface area contributed by atoms with Gasteiger partial charge in [-0.3, -0.25) is 9.69 Å². The van der Waals surface area contributed by atoms with Crippen LogP contribution in [0, 0.1) is 5.92 Å². The number of hydrogen-bond acceptors (Lipinski definition) is 5. The minimum atomic E-state index is -0.402. The zero-order valence-electron chi connectivity index (χ0n) is 19.7. The third-order valence-electron chi connectivity index (χ3n) is 7.96. The Morgan fingerprint density at radius 1 is 1.00 bits per heavy atom. The number of morpholine rings is 1. The number of piperidine rings is 1. The number of nitrogens with zero attached hydrogens (tertiary/aromatic N) is 2. The van der Waals surface area contributed by atoms with Gasteiger partial charge in [-0.25, -0.2) is 0 Å². The summed E-state index contributed by atoms with van der Waals surface area (Å²) in [5.74, 6) is 2.58. The van der Waals surface area contributed by atoms with Crippen molar-refractivity contribution in [3.63, 3.8) is 0 Å². The predicted octanol–water partition coefficient (Wildman–Crippen LogP) is 3.97. The van der Waals surface area contributed by atoms with Gasteiger partial charge in [0, 0.05) is 32.7 Å². The van der Waals surface area contributed by atoms with Gasteiger partial charge in [0.05, 0.1) is 17.6 Å². The molecule has 2 saturated heterocycles. The van der Waals surface area contributed by atoms with Crippen LogP contribution in [0.15, 0.2) is 18.2 Å². The summed E-state index contributed by atoms with van der Waals surface area (Å²) in [4.78, 5) is 18.7. The average Bonchev–Trinajstić information content (AvgIpc) is 3.27. The summed E-state index contributed by atoms with van der Waals surface area (Å²) in [6, 6.07) is 6.15. The standard InChI is InChI=1S/C26H38N2O4/c1-19-15-27(16-20(2)32-19)17-21-8-12-28(13-9-21)25(29)26(10-4-3-5-11-26)22-6-7-23-24(14-22)31-18-30-23/h6-7,14,19-21H,3-5,8-13,15-18H2,1-2H3. The zero-order chi connectivity index (χ0) is 22.1. The Hall–Kier alpha value is -1.79. The molecular formula is C26H38N2O4. The van der Waals surface area contributed by atoms with Crippen molar-refractivity contribution >= 4 is 5.91 Å². The van der Waals surface area contributed by atoms with E-state index in [1.165, 1.54) is 6.42 Å². The molecule has 1 aliphatic carbocycles. The van der Waals surface area contributed by atoms with E-state index < -0.39 is 5.41 Å². The molecule has 5 rings (SSSR count). The molecule has 4 aliphatic rings. The normalized spacial score (nSPS) is 28.6. The number of amides is 1. The molecule has 3 heterocycles. The van der Waals surface area contributed by atoms with Crippen LogP contribution in [0.4, 0.5) is 0 Å². The minimum Gasteiger partial charge on any atom is -0.454 e. The van der Waals surface area contributed by atoms with E-state index in [-0.39, 0.29) is 6.79 Å². The average molecular weight is 443 g/mol. The van der Waals surface area contributed by atoms with Crippen molar-refractivity contribution in [3.8, 4) is 11.5 Å². The first kappa shape index (κ1) is 22.0. The second-order valence-electron chi connectivity index (χ2n) is 10.4. The topological polar surface area (TPSA) is 51.2 Å². The third kappa shape index (κ3) is 4.36. The van der Waals surface area contributed by atoms with Crippen LogP contribution < -0.4 is 9.47 Å². The molecule has 0 radical (unpaired) electrons. The number of fused-ring (bicyclic) bond motifs is 1. The van der Waals surface area contributed by atoms with E-state index in [9.17, 15) is 4.79 Å². The van der Waals surface area contributed by atoms with Crippen LogP contribution in [0.1, 0.15) is 64.4 Å². The molecule has 0 aromatic heterocycles. The van der Waals surface area contributed by atoms with Gasteiger partial charge in [0.25, 0.3) is 0 Å². The van der Waals surface area contributed by atoms with Gasteiger partial charge in [0.15, 0.2) is 11.5 Å². The van der Waals surface area contributed by atoms with Gasteiger partial charge in [-0.05, 0) is 63.1 Å². The van der Waals surface area contributed by atoms with Crippen molar-refractivity contribution in [2.75, 3.05) is 39.5 Å². The SMILES string of the molecule is CC1CN(CC2CCN(C(=O)C3(c4ccc5c(c4)OCO5)CCCCC3)CC2)CC(C)O1. The van der Waals surface area contributed by atoms with Crippen molar-refractivity contribution in [2.45, 2.75) is 76.4 Å². The monoisotopic (exact) mass is 442 g/mol. The second kappa shape index (κ2) is 9.22. The van der Waals surface area contributed by atoms with Crippen LogP contribution in [0.5, 0.6) is 11.5 Å². The van der Waals surface area contributed by atoms with E-state index in [1.807, 2.05) is 6.07 Å². The molecule has 1 aromatic rings. The maximum Gasteiger partial charge on any atom is 0.233 e. The molecule has 32 heavy (non-hydrogen) atoms. The fourth-order valence-corrected chi connectivity index (χ4v) is 6.40. The summed E-state index contributed by atoms with van der Waals surface area (Å²) in [5.41, 5.74) is 0.714. The number of carbonyl (C=O) groups excluding carboxylic acids is 1. The second-order valence-corrected chi connectivity index (χ2v) is 10.4. The summed E-state index contributed by atoms with van der Waals surface area (Å²) in [6.07, 6.45) is 8.16. The summed E-state index contributed by atoms with van der Waals surface area (Å²) >= 11 is 0. The Labute approximate surface area is 192 Å². The summed E-state index contributed by atoms with van der Waals surface area (Å²) in [7, 11) is 0. The highest BCUT2D eigenvalue weighted by Gasteiger charge is 2.44. The first-order valence-corrected chi connectivity index (χ1v) is 12.6. The van der Waals surface area contributed by atoms with Gasteiger partial charge < -0.3 is 19.1 Å². The number of hydrogen-bond donors (Lipinski definition) is 0. The molecule has 176 valence electrons. The van der Waals surface area contributed by atoms with Crippen LogP contribution in [-0.4, -0.2) is 67.4 Å². The predicted molar refractivity (Wildman–Crippen MR) is 123 cm³/mol. The molecule has 0 N–H and O–H groups in total. The molecule has 0 spiro atoms. The number of rotatable bonds is 4. The lowest BCUT2D eigenvalue weighted by molar-refractivity contribution is -0.140. The molecule has 1 amide bonds. The van der Waals surface area contributed by atoms with Crippen molar-refractivity contribution in [1.29, 1.82) is 0 Å². The van der Waals surface area contributed by atoms with E-state index in [4.69, 9.17) is 14.2 Å². The molecule has 0 bridgehead atoms. The van der Waals surface area contributed by atoms with Gasteiger partial charge in [0.1, 0.15) is 0 Å². The lowest BCUT2D eigenvalue weighted by atomic mass is 9.68. The number of ether oxygens (including phenoxy) is 3. The molecule has 6 nitrogen and oxygen atoms in total. The summed E-state index contributed by atoms with van der Waals surface area (Å²) in [6.45, 7) is 9.55. The Balaban J connectivity index is 1.25. The van der Waals surface area contributed by atoms with Gasteiger partial charge in [-0.15, -0.1) is 0 Å². The molecular weight excluding hydrogens is 404 g/mol. The van der Waals surface area contributed by atoms with Crippen LogP contribution in [0.2, 0.25) is 0 Å². The molecule has 2 atom stereocenters. The van der Waals surface area contributed by atoms with E-state index in [0.717, 1.165) is 88.3 Å². The Morgan fingerprint density at radius 2 is 1.69 bits per heavy atom. The smallest absolute Gasteiger partial charge is 0.233 e. The maximum absolute atomic E-state index is 14.0. The highest BCUT2D eigenvalue weighted by molar-refractivity contribution is 5.88. The fourth-order valence-electron chi connectivity index (χ4n) is 6.40. The van der Waals surface area contributed by atoms with Gasteiger partial charge in [-0.2, -0.15) is 0 Å². The van der Waals surface area contributed by atoms with E-state index in [2.05, 4.69) is 35.8 Å². The van der Waals surface area contributed by atoms with Gasteiger partial charge in [0.2, 0.25) is 12.7 Å². The lowest BCUT2D eigenvalue weighted by Crippen LogP contribution is -2.52. The quantitative estimate of drug-likeness (QED) is 0.706. The van der Waals surface area contributed by atoms with Crippen LogP contribution >= 0.6 is 0 Å². The summed E-state index contributed by atoms with van der Waals surface area (Å²) in [5, 5.41) is 0. The Morgan fingerprint density at radius 3 is 2.41 bits per heavy atom. The van der Waals surface area contributed by atoms with Crippen molar-refractivity contribution < 1.29 is 19.0 Å². The molecule has 3 aliphatic heterocycles. The van der Waals surface area contributed by atoms with E-state index in [0.29, 0.717) is 24.0 Å². The van der Waals surface area contributed by atoms with Crippen molar-refractivity contribution in [1.82, 2.24) is 9.80 Å². The maximum atomic E-state index is 14.0. The van der Waals surface area contributed by atoms with Crippen molar-refractivity contribution in [2.24, 2.45) is 5.92 Å². The number of carbonyl (C=O) groups is 1. The van der Waals surface area contributed by atoms with E-state index >= 15 is 0 Å². The van der Waals surface area contributed by atoms with Crippen LogP contribution in [-0.2, 0) is 14.9 Å². The Bertz CT molecular complexity index is 804. The highest BCUT2D eigenvalue weighted by atomic mass is 16.7. The Kier molecular flexibility index (Phi) is 6.35. The first-order chi connectivity index (χ1) is 15.5. The first-order valence-electron chi connectivity index (χ1n) is 12.6. The van der Waals surface area contributed by atoms with Gasteiger partial charge >= 0.3 is 0 Å². The molecule has 6 heteroatoms. The largest absolute Gasteiger partial charge is 0.454 e. The minimum absolute atomic E-state index is 0.272. The molecule has 1 aromatic carbocycles. The van der Waals surface area contributed by atoms with Crippen molar-refractivity contribution in [3.05, 3.63) is 23.8 Å². The van der Waals surface area contributed by atoms with Crippen LogP contribution in [0.3, 0.4) is 0 Å². The zero-order valence-corrected chi connectivity index (χ0v) is 19.7. The number of benzene rings is 1. The highest BCUT2D eigenvalue weighted by Crippen LogP contribution is 2.45. The molecule has 3 fully saturated rings. The third-order valence-corrected chi connectivity index (χ3v) is 7.96.